The molecule has 1 N–H and O–H groups in total. The molecule has 3 aromatic carbocycles. The van der Waals surface area contributed by atoms with Gasteiger partial charge in [0.05, 0.1) is 11.1 Å². The third-order valence-electron chi connectivity index (χ3n) is 3.97. The molecule has 112 valence electrons. The van der Waals surface area contributed by atoms with Crippen LogP contribution in [0.2, 0.25) is 10.0 Å². The molecule has 0 saturated carbocycles. The molecular formula is C18H9Cl2NO2. The van der Waals surface area contributed by atoms with Crippen molar-refractivity contribution < 1.29 is 9.59 Å². The van der Waals surface area contributed by atoms with E-state index in [0.29, 0.717) is 37.7 Å². The number of amides is 2. The Balaban J connectivity index is 2.24. The number of carbonyl (C=O) groups excluding carboxylic acids is 2. The van der Waals surface area contributed by atoms with E-state index in [1.54, 1.807) is 18.2 Å². The van der Waals surface area contributed by atoms with E-state index >= 15 is 0 Å². The Kier molecular flexibility index (Phi) is 3.15. The van der Waals surface area contributed by atoms with Gasteiger partial charge in [0.2, 0.25) is 0 Å². The topological polar surface area (TPSA) is 46.2 Å². The maximum absolute atomic E-state index is 12.3. The lowest BCUT2D eigenvalue weighted by Gasteiger charge is -2.13. The second kappa shape index (κ2) is 5.08. The normalized spacial score (nSPS) is 13.3. The third-order valence-corrected chi connectivity index (χ3v) is 4.63. The first-order chi connectivity index (χ1) is 11.1. The number of nitrogens with one attached hydrogen (secondary N) is 1. The van der Waals surface area contributed by atoms with Crippen molar-refractivity contribution in [2.45, 2.75) is 0 Å². The number of imide groups is 1. The van der Waals surface area contributed by atoms with Crippen LogP contribution < -0.4 is 5.32 Å². The molecule has 0 radical (unpaired) electrons. The van der Waals surface area contributed by atoms with E-state index < -0.39 is 11.8 Å². The van der Waals surface area contributed by atoms with Gasteiger partial charge in [0.15, 0.2) is 0 Å². The molecule has 1 aliphatic heterocycles. The zero-order valence-corrected chi connectivity index (χ0v) is 13.2. The first-order valence-electron chi connectivity index (χ1n) is 6.93. The van der Waals surface area contributed by atoms with Crippen LogP contribution in [0.1, 0.15) is 20.7 Å². The number of benzene rings is 3. The molecule has 3 aromatic rings. The van der Waals surface area contributed by atoms with Crippen molar-refractivity contribution in [2.75, 3.05) is 0 Å². The van der Waals surface area contributed by atoms with Crippen molar-refractivity contribution in [1.82, 2.24) is 5.32 Å². The van der Waals surface area contributed by atoms with Crippen LogP contribution in [0.25, 0.3) is 21.9 Å². The largest absolute Gasteiger partial charge is 0.288 e. The molecule has 5 heteroatoms. The highest BCUT2D eigenvalue weighted by atomic mass is 35.5. The fourth-order valence-corrected chi connectivity index (χ4v) is 3.44. The minimum Gasteiger partial charge on any atom is -0.288 e. The number of rotatable bonds is 1. The zero-order chi connectivity index (χ0) is 16.1. The van der Waals surface area contributed by atoms with Gasteiger partial charge in [-0.05, 0) is 23.6 Å². The number of hydrogen-bond acceptors (Lipinski definition) is 2. The Morgan fingerprint density at radius 2 is 1.43 bits per heavy atom. The summed E-state index contributed by atoms with van der Waals surface area (Å²) in [6, 6.07) is 14.3. The molecule has 4 rings (SSSR count). The highest BCUT2D eigenvalue weighted by Gasteiger charge is 2.32. The number of fused-ring (bicyclic) bond motifs is 2. The molecule has 2 amide bonds. The van der Waals surface area contributed by atoms with Crippen LogP contribution in [-0.4, -0.2) is 11.8 Å². The van der Waals surface area contributed by atoms with E-state index in [4.69, 9.17) is 23.2 Å². The molecule has 0 spiro atoms. The van der Waals surface area contributed by atoms with Gasteiger partial charge in [0.1, 0.15) is 0 Å². The molecule has 0 bridgehead atoms. The first kappa shape index (κ1) is 14.2. The van der Waals surface area contributed by atoms with E-state index in [-0.39, 0.29) is 0 Å². The average Bonchev–Trinajstić information content (AvgIpc) is 2.81. The molecular weight excluding hydrogens is 333 g/mol. The summed E-state index contributed by atoms with van der Waals surface area (Å²) in [7, 11) is 0. The predicted octanol–water partition coefficient (Wildman–Crippen LogP) is 4.70. The molecule has 1 heterocycles. The Bertz CT molecular complexity index is 1010. The number of hydrogen-bond donors (Lipinski definition) is 1. The van der Waals surface area contributed by atoms with Crippen LogP contribution >= 0.6 is 23.2 Å². The molecule has 0 aromatic heterocycles. The molecule has 0 atom stereocenters. The predicted molar refractivity (Wildman–Crippen MR) is 91.2 cm³/mol. The smallest absolute Gasteiger partial charge is 0.259 e. The van der Waals surface area contributed by atoms with Gasteiger partial charge in [-0.3, -0.25) is 14.9 Å². The van der Waals surface area contributed by atoms with E-state index in [0.717, 1.165) is 5.39 Å². The minimum absolute atomic E-state index is 0.325. The van der Waals surface area contributed by atoms with Gasteiger partial charge in [0.25, 0.3) is 11.8 Å². The van der Waals surface area contributed by atoms with Gasteiger partial charge >= 0.3 is 0 Å². The lowest BCUT2D eigenvalue weighted by molar-refractivity contribution is 0.0880. The van der Waals surface area contributed by atoms with Crippen LogP contribution in [0.5, 0.6) is 0 Å². The summed E-state index contributed by atoms with van der Waals surface area (Å²) < 4.78 is 0. The Hall–Kier alpha value is -2.36. The van der Waals surface area contributed by atoms with Crippen molar-refractivity contribution in [3.05, 3.63) is 69.7 Å². The van der Waals surface area contributed by atoms with Crippen molar-refractivity contribution >= 4 is 45.8 Å². The summed E-state index contributed by atoms with van der Waals surface area (Å²) in [4.78, 5) is 24.4. The maximum atomic E-state index is 12.3. The van der Waals surface area contributed by atoms with Gasteiger partial charge < -0.3 is 0 Å². The maximum Gasteiger partial charge on any atom is 0.259 e. The summed E-state index contributed by atoms with van der Waals surface area (Å²) in [5.74, 6) is -0.832. The Morgan fingerprint density at radius 1 is 0.696 bits per heavy atom. The summed E-state index contributed by atoms with van der Waals surface area (Å²) >= 11 is 12.6. The average molecular weight is 342 g/mol. The van der Waals surface area contributed by atoms with E-state index in [2.05, 4.69) is 5.32 Å². The molecule has 0 saturated heterocycles. The third kappa shape index (κ3) is 2.05. The summed E-state index contributed by atoms with van der Waals surface area (Å²) in [6.07, 6.45) is 0. The number of carbonyl (C=O) groups is 2. The van der Waals surface area contributed by atoms with Crippen LogP contribution in [0.3, 0.4) is 0 Å². The van der Waals surface area contributed by atoms with Crippen molar-refractivity contribution in [3.63, 3.8) is 0 Å². The van der Waals surface area contributed by atoms with Crippen LogP contribution in [0, 0.1) is 0 Å². The second-order valence-electron chi connectivity index (χ2n) is 5.27. The van der Waals surface area contributed by atoms with Crippen LogP contribution in [0.15, 0.2) is 48.5 Å². The monoisotopic (exact) mass is 341 g/mol. The fourth-order valence-electron chi connectivity index (χ4n) is 2.98. The molecule has 1 aliphatic rings. The second-order valence-corrected chi connectivity index (χ2v) is 6.09. The Morgan fingerprint density at radius 3 is 2.22 bits per heavy atom. The first-order valence-corrected chi connectivity index (χ1v) is 7.69. The molecule has 0 unspecified atom stereocenters. The SMILES string of the molecule is O=C1NC(=O)c2c1cc1c(Cl)cccc1c2-c1ccccc1Cl. The standard InChI is InChI=1S/C18H9Cl2NO2/c19-13-6-2-1-4-10(13)15-9-5-3-7-14(20)11(9)8-12-16(15)18(23)21-17(12)22/h1-8H,(H,21,22,23). The van der Waals surface area contributed by atoms with Gasteiger partial charge in [0, 0.05) is 26.6 Å². The van der Waals surface area contributed by atoms with Crippen molar-refractivity contribution in [1.29, 1.82) is 0 Å². The summed E-state index contributed by atoms with van der Waals surface area (Å²) in [5, 5.41) is 4.87. The lowest BCUT2D eigenvalue weighted by Crippen LogP contribution is -2.20. The fraction of sp³-hybridized carbons (Fsp3) is 0. The van der Waals surface area contributed by atoms with E-state index in [1.807, 2.05) is 30.3 Å². The van der Waals surface area contributed by atoms with E-state index in [1.165, 1.54) is 0 Å². The highest BCUT2D eigenvalue weighted by Crippen LogP contribution is 2.41. The van der Waals surface area contributed by atoms with E-state index in [9.17, 15) is 9.59 Å². The van der Waals surface area contributed by atoms with Gasteiger partial charge in [-0.1, -0.05) is 53.5 Å². The highest BCUT2D eigenvalue weighted by molar-refractivity contribution is 6.38. The Labute approximate surface area is 141 Å². The van der Waals surface area contributed by atoms with Gasteiger partial charge in [-0.2, -0.15) is 0 Å². The lowest BCUT2D eigenvalue weighted by atomic mass is 9.90. The molecule has 0 aliphatic carbocycles. The molecule has 23 heavy (non-hydrogen) atoms. The molecule has 3 nitrogen and oxygen atoms in total. The van der Waals surface area contributed by atoms with Crippen molar-refractivity contribution in [2.24, 2.45) is 0 Å². The number of halogens is 2. The summed E-state index contributed by atoms with van der Waals surface area (Å²) in [5.41, 5.74) is 2.00. The zero-order valence-electron chi connectivity index (χ0n) is 11.7. The summed E-state index contributed by atoms with van der Waals surface area (Å²) in [6.45, 7) is 0. The minimum atomic E-state index is -0.417. The van der Waals surface area contributed by atoms with Crippen LogP contribution in [-0.2, 0) is 0 Å². The molecule has 0 fully saturated rings. The quantitative estimate of drug-likeness (QED) is 0.652. The van der Waals surface area contributed by atoms with Gasteiger partial charge in [-0.25, -0.2) is 0 Å². The van der Waals surface area contributed by atoms with Gasteiger partial charge in [-0.15, -0.1) is 0 Å². The van der Waals surface area contributed by atoms with Crippen LogP contribution in [0.4, 0.5) is 0 Å². The van der Waals surface area contributed by atoms with Crippen molar-refractivity contribution in [3.8, 4) is 11.1 Å².